The van der Waals surface area contributed by atoms with E-state index < -0.39 is 44.8 Å². The van der Waals surface area contributed by atoms with Gasteiger partial charge >= 0.3 is 13.8 Å². The van der Waals surface area contributed by atoms with Crippen molar-refractivity contribution in [3.8, 4) is 0 Å². The molecule has 10 nitrogen and oxygen atoms in total. The first-order valence-electron chi connectivity index (χ1n) is 4.81. The number of hydrogen-bond donors (Lipinski definition) is 6. The van der Waals surface area contributed by atoms with E-state index in [1.54, 1.807) is 0 Å². The van der Waals surface area contributed by atoms with E-state index in [-0.39, 0.29) is 0 Å². The minimum absolute atomic E-state index is 0.791. The SMILES string of the molecule is CO[C@]1(OP(=O)(O)O)OC(CO)[C@H](O)[C@@H](O)[C@@H]1O. The fourth-order valence-electron chi connectivity index (χ4n) is 1.56. The molecule has 0 aromatic rings. The molecule has 1 saturated heterocycles. The number of phosphoric acid groups is 1. The summed E-state index contributed by atoms with van der Waals surface area (Å²) in [7, 11) is -4.22. The van der Waals surface area contributed by atoms with Gasteiger partial charge in [-0.05, 0) is 0 Å². The van der Waals surface area contributed by atoms with Gasteiger partial charge in [-0.2, -0.15) is 0 Å². The molecule has 0 bridgehead atoms. The van der Waals surface area contributed by atoms with Crippen LogP contribution in [0, 0.1) is 0 Å². The third-order valence-electron chi connectivity index (χ3n) is 2.44. The van der Waals surface area contributed by atoms with Gasteiger partial charge < -0.3 is 39.7 Å². The molecule has 11 heteroatoms. The van der Waals surface area contributed by atoms with Crippen molar-refractivity contribution in [2.45, 2.75) is 30.4 Å². The van der Waals surface area contributed by atoms with Crippen LogP contribution in [0.4, 0.5) is 0 Å². The lowest BCUT2D eigenvalue weighted by Gasteiger charge is -2.45. The van der Waals surface area contributed by atoms with Gasteiger partial charge in [0.1, 0.15) is 18.3 Å². The Morgan fingerprint density at radius 1 is 1.28 bits per heavy atom. The molecule has 0 aromatic heterocycles. The molecule has 1 rings (SSSR count). The van der Waals surface area contributed by atoms with E-state index in [0.29, 0.717) is 0 Å². The summed E-state index contributed by atoms with van der Waals surface area (Å²) in [4.78, 5) is 17.4. The van der Waals surface area contributed by atoms with E-state index in [1.165, 1.54) is 0 Å². The van der Waals surface area contributed by atoms with Crippen molar-refractivity contribution in [3.63, 3.8) is 0 Å². The minimum atomic E-state index is -5.12. The molecule has 108 valence electrons. The van der Waals surface area contributed by atoms with Gasteiger partial charge in [-0.1, -0.05) is 0 Å². The highest BCUT2D eigenvalue weighted by Gasteiger charge is 2.58. The largest absolute Gasteiger partial charge is 0.474 e. The van der Waals surface area contributed by atoms with Crippen LogP contribution in [-0.2, 0) is 18.6 Å². The van der Waals surface area contributed by atoms with E-state index in [1.807, 2.05) is 0 Å². The highest BCUT2D eigenvalue weighted by molar-refractivity contribution is 7.46. The second-order valence-electron chi connectivity index (χ2n) is 3.65. The fourth-order valence-corrected chi connectivity index (χ4v) is 2.12. The Morgan fingerprint density at radius 3 is 2.22 bits per heavy atom. The normalized spacial score (nSPS) is 41.9. The van der Waals surface area contributed by atoms with Gasteiger partial charge in [0, 0.05) is 7.11 Å². The molecule has 0 saturated carbocycles. The van der Waals surface area contributed by atoms with E-state index >= 15 is 0 Å². The number of hydrogen-bond acceptors (Lipinski definition) is 8. The Bertz CT molecular complexity index is 328. The average molecular weight is 290 g/mol. The number of aliphatic hydroxyl groups is 4. The van der Waals surface area contributed by atoms with Crippen molar-refractivity contribution in [1.29, 1.82) is 0 Å². The highest BCUT2D eigenvalue weighted by atomic mass is 31.2. The summed E-state index contributed by atoms with van der Waals surface area (Å²) in [6, 6.07) is 0. The van der Waals surface area contributed by atoms with Gasteiger partial charge in [0.25, 0.3) is 0 Å². The molecule has 6 N–H and O–H groups in total. The van der Waals surface area contributed by atoms with Crippen LogP contribution >= 0.6 is 7.82 Å². The Morgan fingerprint density at radius 2 is 1.83 bits per heavy atom. The molecule has 1 aliphatic rings. The van der Waals surface area contributed by atoms with Crippen LogP contribution in [0.5, 0.6) is 0 Å². The number of phosphoric ester groups is 1. The molecular weight excluding hydrogens is 275 g/mol. The summed E-state index contributed by atoms with van der Waals surface area (Å²) in [6.45, 7) is -0.791. The van der Waals surface area contributed by atoms with Crippen molar-refractivity contribution in [2.24, 2.45) is 0 Å². The first kappa shape index (κ1) is 15.9. The molecule has 1 heterocycles. The summed E-state index contributed by atoms with van der Waals surface area (Å²) >= 11 is 0. The predicted molar refractivity (Wildman–Crippen MR) is 52.8 cm³/mol. The van der Waals surface area contributed by atoms with Gasteiger partial charge in [-0.3, -0.25) is 0 Å². The summed E-state index contributed by atoms with van der Waals surface area (Å²) < 4.78 is 24.3. The molecule has 18 heavy (non-hydrogen) atoms. The van der Waals surface area contributed by atoms with Gasteiger partial charge in [-0.15, -0.1) is 0 Å². The van der Waals surface area contributed by atoms with Crippen LogP contribution in [0.3, 0.4) is 0 Å². The lowest BCUT2D eigenvalue weighted by atomic mass is 9.98. The molecule has 0 radical (unpaired) electrons. The van der Waals surface area contributed by atoms with Crippen molar-refractivity contribution in [1.82, 2.24) is 0 Å². The van der Waals surface area contributed by atoms with Crippen LogP contribution in [0.1, 0.15) is 0 Å². The number of aliphatic hydroxyl groups excluding tert-OH is 4. The highest BCUT2D eigenvalue weighted by Crippen LogP contribution is 2.46. The lowest BCUT2D eigenvalue weighted by molar-refractivity contribution is -0.433. The van der Waals surface area contributed by atoms with Crippen LogP contribution in [0.15, 0.2) is 0 Å². The zero-order chi connectivity index (χ0) is 14.1. The average Bonchev–Trinajstić information content (AvgIpc) is 2.28. The van der Waals surface area contributed by atoms with Gasteiger partial charge in [-0.25, -0.2) is 9.09 Å². The first-order valence-corrected chi connectivity index (χ1v) is 6.34. The van der Waals surface area contributed by atoms with E-state index in [0.717, 1.165) is 7.11 Å². The summed E-state index contributed by atoms with van der Waals surface area (Å²) in [5.41, 5.74) is 0. The Kier molecular flexibility index (Phi) is 4.84. The molecule has 0 aromatic carbocycles. The van der Waals surface area contributed by atoms with E-state index in [9.17, 15) is 19.9 Å². The zero-order valence-corrected chi connectivity index (χ0v) is 10.2. The third kappa shape index (κ3) is 3.06. The molecule has 0 aliphatic carbocycles. The zero-order valence-electron chi connectivity index (χ0n) is 9.28. The monoisotopic (exact) mass is 290 g/mol. The van der Waals surface area contributed by atoms with E-state index in [2.05, 4.69) is 9.26 Å². The van der Waals surface area contributed by atoms with Crippen LogP contribution < -0.4 is 0 Å². The van der Waals surface area contributed by atoms with E-state index in [4.69, 9.17) is 19.6 Å². The summed E-state index contributed by atoms with van der Waals surface area (Å²) in [6.07, 6.45) is -7.10. The quantitative estimate of drug-likeness (QED) is 0.230. The second-order valence-corrected chi connectivity index (χ2v) is 4.82. The molecule has 0 spiro atoms. The van der Waals surface area contributed by atoms with Gasteiger partial charge in [0.05, 0.1) is 6.61 Å². The molecule has 1 aliphatic heterocycles. The van der Waals surface area contributed by atoms with Crippen molar-refractivity contribution in [3.05, 3.63) is 0 Å². The smallest absolute Gasteiger partial charge is 0.394 e. The van der Waals surface area contributed by atoms with Crippen molar-refractivity contribution < 1.29 is 48.8 Å². The standard InChI is InChI=1S/C7H15O10P/c1-15-7(17-18(12,13)14)6(11)5(10)4(9)3(2-8)16-7/h3-6,8-11H,2H2,1H3,(H2,12,13,14)/t3?,4-,5+,6-,7-/m0/s1. The van der Waals surface area contributed by atoms with Crippen molar-refractivity contribution >= 4 is 7.82 Å². The maximum Gasteiger partial charge on any atom is 0.474 e. The maximum absolute atomic E-state index is 10.8. The van der Waals surface area contributed by atoms with Crippen LogP contribution in [-0.4, -0.2) is 74.3 Å². The maximum atomic E-state index is 10.8. The third-order valence-corrected chi connectivity index (χ3v) is 2.94. The van der Waals surface area contributed by atoms with Gasteiger partial charge in [0.15, 0.2) is 6.10 Å². The van der Waals surface area contributed by atoms with Crippen LogP contribution in [0.2, 0.25) is 0 Å². The predicted octanol–water partition coefficient (Wildman–Crippen LogP) is -3.13. The lowest BCUT2D eigenvalue weighted by Crippen LogP contribution is -2.66. The number of rotatable bonds is 4. The molecule has 0 amide bonds. The van der Waals surface area contributed by atoms with Crippen LogP contribution in [0.25, 0.3) is 0 Å². The van der Waals surface area contributed by atoms with Crippen molar-refractivity contribution in [2.75, 3.05) is 13.7 Å². The summed E-state index contributed by atoms with van der Waals surface area (Å²) in [5, 5.41) is 37.5. The topological polar surface area (TPSA) is 166 Å². The fraction of sp³-hybridized carbons (Fsp3) is 1.00. The molecule has 1 fully saturated rings. The Labute approximate surface area is 102 Å². The van der Waals surface area contributed by atoms with Gasteiger partial charge in [0.2, 0.25) is 0 Å². The molecular formula is C7H15O10P. The first-order chi connectivity index (χ1) is 8.17. The summed E-state index contributed by atoms with van der Waals surface area (Å²) in [5.74, 6) is -2.69. The second kappa shape index (κ2) is 5.47. The Balaban J connectivity index is 3.05. The Hall–Kier alpha value is -0.130. The molecule has 1 unspecified atom stereocenters. The number of methoxy groups -OCH3 is 1. The number of ether oxygens (including phenoxy) is 2. The minimum Gasteiger partial charge on any atom is -0.394 e. The molecule has 5 atom stereocenters.